The van der Waals surface area contributed by atoms with Crippen LogP contribution in [0.15, 0.2) is 39.3 Å². The Morgan fingerprint density at radius 2 is 2.42 bits per heavy atom. The second-order valence-corrected chi connectivity index (χ2v) is 2.65. The molecule has 0 saturated heterocycles. The van der Waals surface area contributed by atoms with Crippen LogP contribution < -0.4 is 0 Å². The van der Waals surface area contributed by atoms with Crippen LogP contribution in [0.3, 0.4) is 0 Å². The van der Waals surface area contributed by atoms with Gasteiger partial charge in [-0.3, -0.25) is 0 Å². The lowest BCUT2D eigenvalue weighted by Crippen LogP contribution is -2.11. The van der Waals surface area contributed by atoms with E-state index in [1.807, 2.05) is 10.7 Å². The molecular formula is C7H5N5. The van der Waals surface area contributed by atoms with Crippen LogP contribution in [-0.4, -0.2) is 15.6 Å². The number of aliphatic imine (C=N–C) groups is 1. The lowest BCUT2D eigenvalue weighted by Gasteiger charge is -2.09. The number of rotatable bonds is 0. The van der Waals surface area contributed by atoms with Gasteiger partial charge in [-0.15, -0.1) is 5.11 Å². The molecule has 0 unspecified atom stereocenters. The van der Waals surface area contributed by atoms with Crippen LogP contribution in [0.25, 0.3) is 0 Å². The van der Waals surface area contributed by atoms with Crippen LogP contribution >= 0.6 is 0 Å². The topological polar surface area (TPSA) is 54.9 Å². The average molecular weight is 159 g/mol. The van der Waals surface area contributed by atoms with Crippen LogP contribution in [0.1, 0.15) is 0 Å². The minimum Gasteiger partial charge on any atom is -0.243 e. The number of aromatic nitrogens is 2. The predicted molar refractivity (Wildman–Crippen MR) is 42.3 cm³/mol. The van der Waals surface area contributed by atoms with Crippen LogP contribution in [0.4, 0.5) is 5.82 Å². The largest absolute Gasteiger partial charge is 0.243 e. The first-order valence-electron chi connectivity index (χ1n) is 3.64. The molecule has 5 heteroatoms. The third kappa shape index (κ3) is 0.623. The van der Waals surface area contributed by atoms with E-state index in [1.165, 1.54) is 0 Å². The summed E-state index contributed by atoms with van der Waals surface area (Å²) in [6, 6.07) is 1.86. The first-order valence-corrected chi connectivity index (χ1v) is 3.64. The number of amidine groups is 1. The van der Waals surface area contributed by atoms with Crippen molar-refractivity contribution < 1.29 is 0 Å². The van der Waals surface area contributed by atoms with E-state index in [2.05, 4.69) is 20.3 Å². The summed E-state index contributed by atoms with van der Waals surface area (Å²) in [6.45, 7) is 0.730. The van der Waals surface area contributed by atoms with Gasteiger partial charge in [0.25, 0.3) is 0 Å². The predicted octanol–water partition coefficient (Wildman–Crippen LogP) is 1.28. The van der Waals surface area contributed by atoms with Crippen LogP contribution in [0.2, 0.25) is 0 Å². The molecule has 0 radical (unpaired) electrons. The van der Waals surface area contributed by atoms with Gasteiger partial charge in [-0.2, -0.15) is 10.2 Å². The fourth-order valence-electron chi connectivity index (χ4n) is 1.29. The summed E-state index contributed by atoms with van der Waals surface area (Å²) < 4.78 is 1.83. The highest BCUT2D eigenvalue weighted by Gasteiger charge is 2.19. The monoisotopic (exact) mass is 159 g/mol. The molecule has 0 aliphatic carbocycles. The molecule has 0 aromatic carbocycles. The highest BCUT2D eigenvalue weighted by atomic mass is 15.3. The minimum absolute atomic E-state index is 0.725. The van der Waals surface area contributed by atoms with Gasteiger partial charge in [-0.1, -0.05) is 0 Å². The Labute approximate surface area is 68.1 Å². The van der Waals surface area contributed by atoms with Crippen molar-refractivity contribution in [2.45, 2.75) is 6.54 Å². The van der Waals surface area contributed by atoms with E-state index in [0.717, 1.165) is 23.8 Å². The zero-order chi connectivity index (χ0) is 7.97. The summed E-state index contributed by atoms with van der Waals surface area (Å²) in [6.07, 6.45) is 3.46. The second kappa shape index (κ2) is 1.88. The molecular weight excluding hydrogens is 154 g/mol. The van der Waals surface area contributed by atoms with Crippen molar-refractivity contribution in [3.8, 4) is 0 Å². The van der Waals surface area contributed by atoms with Crippen molar-refractivity contribution in [1.82, 2.24) is 9.78 Å². The standard InChI is InChI=1S/C7H5N5/c1-2-9-12-4-5-3-8-11-7(5)10-6(1)12/h1-3H,4H2. The van der Waals surface area contributed by atoms with Crippen molar-refractivity contribution in [1.29, 1.82) is 0 Å². The summed E-state index contributed by atoms with van der Waals surface area (Å²) in [5, 5.41) is 11.8. The first-order chi connectivity index (χ1) is 5.93. The van der Waals surface area contributed by atoms with Gasteiger partial charge in [0, 0.05) is 11.6 Å². The summed E-state index contributed by atoms with van der Waals surface area (Å²) >= 11 is 0. The molecule has 1 aromatic rings. The van der Waals surface area contributed by atoms with Gasteiger partial charge in [0.05, 0.1) is 18.9 Å². The smallest absolute Gasteiger partial charge is 0.183 e. The molecule has 12 heavy (non-hydrogen) atoms. The third-order valence-electron chi connectivity index (χ3n) is 1.89. The third-order valence-corrected chi connectivity index (χ3v) is 1.89. The van der Waals surface area contributed by atoms with Crippen LogP contribution in [0.5, 0.6) is 0 Å². The molecule has 3 heterocycles. The zero-order valence-electron chi connectivity index (χ0n) is 6.18. The number of hydrogen-bond donors (Lipinski definition) is 0. The number of azo groups is 1. The Morgan fingerprint density at radius 3 is 3.42 bits per heavy atom. The van der Waals surface area contributed by atoms with Gasteiger partial charge in [-0.05, 0) is 0 Å². The maximum atomic E-state index is 4.26. The molecule has 3 rings (SSSR count). The van der Waals surface area contributed by atoms with Gasteiger partial charge in [-0.25, -0.2) is 9.67 Å². The van der Waals surface area contributed by atoms with Crippen LogP contribution in [0, 0.1) is 0 Å². The molecule has 58 valence electrons. The molecule has 0 N–H and O–H groups in total. The maximum Gasteiger partial charge on any atom is 0.183 e. The molecule has 0 atom stereocenters. The van der Waals surface area contributed by atoms with E-state index in [9.17, 15) is 0 Å². The summed E-state index contributed by atoms with van der Waals surface area (Å²) in [5.41, 5.74) is 1.03. The number of fused-ring (bicyclic) bond motifs is 2. The van der Waals surface area contributed by atoms with Gasteiger partial charge in [0.2, 0.25) is 0 Å². The quantitative estimate of drug-likeness (QED) is 0.562. The van der Waals surface area contributed by atoms with E-state index in [0.29, 0.717) is 0 Å². The van der Waals surface area contributed by atoms with E-state index in [1.54, 1.807) is 12.4 Å². The fourth-order valence-corrected chi connectivity index (χ4v) is 1.29. The van der Waals surface area contributed by atoms with Gasteiger partial charge in [0.15, 0.2) is 11.7 Å². The average Bonchev–Trinajstić information content (AvgIpc) is 2.64. The van der Waals surface area contributed by atoms with E-state index in [-0.39, 0.29) is 0 Å². The summed E-state index contributed by atoms with van der Waals surface area (Å²) in [5.74, 6) is 1.58. The minimum atomic E-state index is 0.725. The molecule has 0 saturated carbocycles. The van der Waals surface area contributed by atoms with Gasteiger partial charge < -0.3 is 0 Å². The highest BCUT2D eigenvalue weighted by Crippen LogP contribution is 2.23. The Morgan fingerprint density at radius 1 is 1.42 bits per heavy atom. The second-order valence-electron chi connectivity index (χ2n) is 2.65. The van der Waals surface area contributed by atoms with E-state index < -0.39 is 0 Å². The summed E-state index contributed by atoms with van der Waals surface area (Å²) in [4.78, 5) is 4.26. The molecule has 2 aliphatic rings. The Bertz CT molecular complexity index is 423. The molecule has 0 amide bonds. The van der Waals surface area contributed by atoms with Gasteiger partial charge >= 0.3 is 0 Å². The van der Waals surface area contributed by atoms with Crippen LogP contribution in [-0.2, 0) is 6.54 Å². The Hall–Kier alpha value is -1.78. The molecule has 1 aromatic heterocycles. The Kier molecular flexibility index (Phi) is 0.910. The lowest BCUT2D eigenvalue weighted by molar-refractivity contribution is 0.685. The number of nitrogens with zero attached hydrogens (tertiary/aromatic N) is 5. The molecule has 2 aliphatic heterocycles. The molecule has 0 spiro atoms. The van der Waals surface area contributed by atoms with Crippen molar-refractivity contribution in [2.24, 2.45) is 15.2 Å². The van der Waals surface area contributed by atoms with Crippen molar-refractivity contribution >= 4 is 11.7 Å². The summed E-state index contributed by atoms with van der Waals surface area (Å²) in [7, 11) is 0. The van der Waals surface area contributed by atoms with Crippen molar-refractivity contribution in [3.05, 3.63) is 24.0 Å². The van der Waals surface area contributed by atoms with Crippen molar-refractivity contribution in [3.63, 3.8) is 0 Å². The zero-order valence-corrected chi connectivity index (χ0v) is 6.18. The van der Waals surface area contributed by atoms with Crippen molar-refractivity contribution in [2.75, 3.05) is 0 Å². The Balaban J connectivity index is 2.23. The SMILES string of the molecule is C1=C2Cn3nccc3N=C2N=N1. The molecule has 5 nitrogen and oxygen atoms in total. The molecule has 0 bridgehead atoms. The fraction of sp³-hybridized carbons (Fsp3) is 0.143. The molecule has 0 fully saturated rings. The highest BCUT2D eigenvalue weighted by molar-refractivity contribution is 6.02. The first kappa shape index (κ1) is 5.82. The van der Waals surface area contributed by atoms with E-state index >= 15 is 0 Å². The van der Waals surface area contributed by atoms with Gasteiger partial charge in [0.1, 0.15) is 0 Å². The van der Waals surface area contributed by atoms with E-state index in [4.69, 9.17) is 0 Å². The lowest BCUT2D eigenvalue weighted by atomic mass is 10.2. The maximum absolute atomic E-state index is 4.26. The number of hydrogen-bond acceptors (Lipinski definition) is 4. The normalized spacial score (nSPS) is 18.3.